The summed E-state index contributed by atoms with van der Waals surface area (Å²) >= 11 is 1.52. The zero-order valence-electron chi connectivity index (χ0n) is 15.8. The first-order valence-electron chi connectivity index (χ1n) is 8.85. The summed E-state index contributed by atoms with van der Waals surface area (Å²) in [6.45, 7) is 2.04. The topological polar surface area (TPSA) is 78.4 Å². The number of hydrogen-bond acceptors (Lipinski definition) is 8. The summed E-state index contributed by atoms with van der Waals surface area (Å²) in [7, 11) is 3.24. The van der Waals surface area contributed by atoms with Crippen LogP contribution in [0, 0.1) is 0 Å². The van der Waals surface area contributed by atoms with E-state index >= 15 is 0 Å². The third kappa shape index (κ3) is 3.43. The van der Waals surface area contributed by atoms with Crippen LogP contribution in [0.3, 0.4) is 0 Å². The first-order valence-corrected chi connectivity index (χ1v) is 9.84. The van der Waals surface area contributed by atoms with Gasteiger partial charge in [-0.05, 0) is 24.0 Å². The van der Waals surface area contributed by atoms with Crippen molar-refractivity contribution in [1.82, 2.24) is 15.2 Å². The Labute approximate surface area is 167 Å². The van der Waals surface area contributed by atoms with Gasteiger partial charge in [0.15, 0.2) is 5.69 Å². The highest BCUT2D eigenvalue weighted by atomic mass is 32.2. The Morgan fingerprint density at radius 2 is 1.96 bits per heavy atom. The molecule has 3 aromatic rings. The number of para-hydroxylation sites is 1. The van der Waals surface area contributed by atoms with Gasteiger partial charge in [-0.1, -0.05) is 36.9 Å². The zero-order valence-corrected chi connectivity index (χ0v) is 16.6. The number of fused-ring (bicyclic) bond motifs is 3. The first-order chi connectivity index (χ1) is 13.7. The van der Waals surface area contributed by atoms with Crippen LogP contribution in [-0.2, 0) is 0 Å². The van der Waals surface area contributed by atoms with Crippen molar-refractivity contribution in [2.45, 2.75) is 18.3 Å². The van der Waals surface area contributed by atoms with E-state index < -0.39 is 6.23 Å². The third-order valence-corrected chi connectivity index (χ3v) is 5.05. The second kappa shape index (κ2) is 7.93. The van der Waals surface area contributed by atoms with E-state index in [0.29, 0.717) is 28.2 Å². The molecule has 0 saturated heterocycles. The standard InChI is InChI=1S/C20H20N4O3S/c1-4-28-20-22-19-17(23-24-20)13-7-5-6-8-15(13)21-18(27-19)14-10-9-12(25-2)11-16(14)26-3/h5-11,18,21H,4H2,1-3H3/t18-/m0/s1. The second-order valence-electron chi connectivity index (χ2n) is 5.98. The first kappa shape index (κ1) is 18.4. The fraction of sp³-hybridized carbons (Fsp3) is 0.250. The number of thioether (sulfide) groups is 1. The lowest BCUT2D eigenvalue weighted by Crippen LogP contribution is -2.18. The second-order valence-corrected chi connectivity index (χ2v) is 7.21. The van der Waals surface area contributed by atoms with Gasteiger partial charge in [-0.2, -0.15) is 4.98 Å². The lowest BCUT2D eigenvalue weighted by atomic mass is 10.1. The highest BCUT2D eigenvalue weighted by Crippen LogP contribution is 2.41. The van der Waals surface area contributed by atoms with Crippen molar-refractivity contribution >= 4 is 17.4 Å². The maximum absolute atomic E-state index is 6.27. The zero-order chi connectivity index (χ0) is 19.5. The number of nitrogens with zero attached hydrogens (tertiary/aromatic N) is 3. The summed E-state index contributed by atoms with van der Waals surface area (Å²) in [5.74, 6) is 2.65. The molecule has 1 N–H and O–H groups in total. The number of anilines is 1. The van der Waals surface area contributed by atoms with Crippen molar-refractivity contribution in [3.63, 3.8) is 0 Å². The molecule has 4 rings (SSSR count). The summed E-state index contributed by atoms with van der Waals surface area (Å²) in [6, 6.07) is 13.5. The fourth-order valence-corrected chi connectivity index (χ4v) is 3.52. The Hall–Kier alpha value is -3.00. The third-order valence-electron chi connectivity index (χ3n) is 4.33. The molecule has 0 amide bonds. The molecule has 0 aliphatic carbocycles. The molecule has 28 heavy (non-hydrogen) atoms. The number of ether oxygens (including phenoxy) is 3. The summed E-state index contributed by atoms with van der Waals surface area (Å²) in [6.07, 6.45) is -0.514. The van der Waals surface area contributed by atoms with Crippen LogP contribution in [0.1, 0.15) is 18.7 Å². The monoisotopic (exact) mass is 396 g/mol. The quantitative estimate of drug-likeness (QED) is 0.644. The van der Waals surface area contributed by atoms with Gasteiger partial charge in [0.05, 0.1) is 19.8 Å². The van der Waals surface area contributed by atoms with E-state index in [1.807, 2.05) is 49.4 Å². The van der Waals surface area contributed by atoms with Crippen molar-refractivity contribution < 1.29 is 14.2 Å². The predicted octanol–water partition coefficient (Wildman–Crippen LogP) is 4.17. The van der Waals surface area contributed by atoms with Crippen LogP contribution >= 0.6 is 11.8 Å². The Morgan fingerprint density at radius 3 is 2.75 bits per heavy atom. The lowest BCUT2D eigenvalue weighted by Gasteiger charge is -2.21. The van der Waals surface area contributed by atoms with Gasteiger partial charge in [0.2, 0.25) is 17.3 Å². The van der Waals surface area contributed by atoms with Crippen molar-refractivity contribution in [2.75, 3.05) is 25.3 Å². The minimum absolute atomic E-state index is 0.436. The van der Waals surface area contributed by atoms with E-state index in [1.165, 1.54) is 11.8 Å². The van der Waals surface area contributed by atoms with Crippen molar-refractivity contribution in [3.05, 3.63) is 48.0 Å². The molecule has 144 valence electrons. The molecule has 8 heteroatoms. The predicted molar refractivity (Wildman–Crippen MR) is 108 cm³/mol. The molecule has 0 spiro atoms. The van der Waals surface area contributed by atoms with Gasteiger partial charge < -0.3 is 19.5 Å². The van der Waals surface area contributed by atoms with E-state index in [-0.39, 0.29) is 0 Å². The van der Waals surface area contributed by atoms with Crippen molar-refractivity contribution in [1.29, 1.82) is 0 Å². The van der Waals surface area contributed by atoms with Crippen molar-refractivity contribution in [2.24, 2.45) is 0 Å². The number of benzene rings is 2. The van der Waals surface area contributed by atoms with Crippen LogP contribution in [0.5, 0.6) is 17.4 Å². The van der Waals surface area contributed by atoms with Crippen LogP contribution < -0.4 is 19.5 Å². The summed E-state index contributed by atoms with van der Waals surface area (Å²) in [5.41, 5.74) is 3.21. The molecule has 1 atom stereocenters. The molecule has 0 bridgehead atoms. The normalized spacial score (nSPS) is 14.8. The van der Waals surface area contributed by atoms with Crippen LogP contribution in [0.2, 0.25) is 0 Å². The molecule has 1 aromatic heterocycles. The van der Waals surface area contributed by atoms with E-state index in [9.17, 15) is 0 Å². The molecular weight excluding hydrogens is 376 g/mol. The Morgan fingerprint density at radius 1 is 1.11 bits per heavy atom. The molecule has 1 aliphatic rings. The molecule has 0 radical (unpaired) electrons. The van der Waals surface area contributed by atoms with Gasteiger partial charge in [0, 0.05) is 17.3 Å². The van der Waals surface area contributed by atoms with E-state index in [4.69, 9.17) is 14.2 Å². The van der Waals surface area contributed by atoms with E-state index in [1.54, 1.807) is 14.2 Å². The smallest absolute Gasteiger partial charge is 0.247 e. The van der Waals surface area contributed by atoms with Gasteiger partial charge in [-0.15, -0.1) is 10.2 Å². The number of nitrogens with one attached hydrogen (secondary N) is 1. The number of hydrogen-bond donors (Lipinski definition) is 1. The van der Waals surface area contributed by atoms with Gasteiger partial charge in [0.25, 0.3) is 0 Å². The van der Waals surface area contributed by atoms with Crippen LogP contribution in [-0.4, -0.2) is 35.2 Å². The Balaban J connectivity index is 1.83. The SMILES string of the molecule is CCSc1nnc2c(n1)O[C@@H](c1ccc(OC)cc1OC)Nc1ccccc1-2. The van der Waals surface area contributed by atoms with Gasteiger partial charge >= 0.3 is 0 Å². The molecule has 7 nitrogen and oxygen atoms in total. The highest BCUT2D eigenvalue weighted by Gasteiger charge is 2.28. The molecule has 0 saturated carbocycles. The van der Waals surface area contributed by atoms with Crippen LogP contribution in [0.25, 0.3) is 11.3 Å². The molecular formula is C20H20N4O3S. The summed E-state index contributed by atoms with van der Waals surface area (Å²) < 4.78 is 17.1. The molecule has 2 aromatic carbocycles. The maximum atomic E-state index is 6.27. The van der Waals surface area contributed by atoms with E-state index in [0.717, 1.165) is 22.6 Å². The minimum atomic E-state index is -0.514. The summed E-state index contributed by atoms with van der Waals surface area (Å²) in [5, 5.41) is 12.6. The number of aromatic nitrogens is 3. The molecule has 0 unspecified atom stereocenters. The van der Waals surface area contributed by atoms with E-state index in [2.05, 4.69) is 20.5 Å². The average Bonchev–Trinajstić information content (AvgIpc) is 2.89. The summed E-state index contributed by atoms with van der Waals surface area (Å²) in [4.78, 5) is 4.59. The largest absolute Gasteiger partial charge is 0.497 e. The highest BCUT2D eigenvalue weighted by molar-refractivity contribution is 7.99. The van der Waals surface area contributed by atoms with Crippen LogP contribution in [0.4, 0.5) is 5.69 Å². The maximum Gasteiger partial charge on any atom is 0.247 e. The molecule has 1 aliphatic heterocycles. The molecule has 0 fully saturated rings. The average molecular weight is 396 g/mol. The van der Waals surface area contributed by atoms with Gasteiger partial charge in [-0.3, -0.25) is 0 Å². The minimum Gasteiger partial charge on any atom is -0.497 e. The lowest BCUT2D eigenvalue weighted by molar-refractivity contribution is 0.219. The number of rotatable bonds is 5. The Bertz CT molecular complexity index is 999. The fourth-order valence-electron chi connectivity index (χ4n) is 3.01. The van der Waals surface area contributed by atoms with Crippen LogP contribution in [0.15, 0.2) is 47.6 Å². The van der Waals surface area contributed by atoms with Gasteiger partial charge in [0.1, 0.15) is 11.5 Å². The van der Waals surface area contributed by atoms with Gasteiger partial charge in [-0.25, -0.2) is 0 Å². The number of methoxy groups -OCH3 is 2. The van der Waals surface area contributed by atoms with Crippen molar-refractivity contribution in [3.8, 4) is 28.6 Å². The Kier molecular flexibility index (Phi) is 5.21. The molecule has 2 heterocycles.